The fourth-order valence-electron chi connectivity index (χ4n) is 4.74. The van der Waals surface area contributed by atoms with E-state index in [4.69, 9.17) is 0 Å². The molecule has 0 radical (unpaired) electrons. The van der Waals surface area contributed by atoms with Gasteiger partial charge in [0.15, 0.2) is 5.82 Å². The molecule has 31 heavy (non-hydrogen) atoms. The highest BCUT2D eigenvalue weighted by atomic mass is 19.1. The predicted octanol–water partition coefficient (Wildman–Crippen LogP) is 8.03. The van der Waals surface area contributed by atoms with Crippen molar-refractivity contribution in [1.29, 1.82) is 0 Å². The van der Waals surface area contributed by atoms with Gasteiger partial charge in [-0.25, -0.2) is 8.78 Å². The molecule has 2 fully saturated rings. The molecule has 164 valence electrons. The van der Waals surface area contributed by atoms with Gasteiger partial charge in [0.2, 0.25) is 0 Å². The van der Waals surface area contributed by atoms with E-state index in [0.717, 1.165) is 54.6 Å². The largest absolute Gasteiger partial charge is 0.359 e. The SMILES string of the molecule is C=C(Nc1c(F)ccc(-c2cc(NC(=C)C3CC3(C)C)ccc2C)c1F)C1CCCC1. The summed E-state index contributed by atoms with van der Waals surface area (Å²) in [7, 11) is 0. The Morgan fingerprint density at radius 2 is 1.65 bits per heavy atom. The lowest BCUT2D eigenvalue weighted by molar-refractivity contribution is 0.586. The van der Waals surface area contributed by atoms with Gasteiger partial charge in [0.1, 0.15) is 11.5 Å². The number of rotatable bonds is 7. The summed E-state index contributed by atoms with van der Waals surface area (Å²) in [6, 6.07) is 8.69. The normalized spacial score (nSPS) is 19.8. The van der Waals surface area contributed by atoms with Crippen LogP contribution >= 0.6 is 0 Å². The van der Waals surface area contributed by atoms with E-state index in [1.807, 2.05) is 25.1 Å². The fourth-order valence-corrected chi connectivity index (χ4v) is 4.74. The van der Waals surface area contributed by atoms with Gasteiger partial charge in [-0.3, -0.25) is 0 Å². The zero-order valence-corrected chi connectivity index (χ0v) is 18.7. The zero-order chi connectivity index (χ0) is 22.3. The van der Waals surface area contributed by atoms with Crippen LogP contribution in [0.5, 0.6) is 0 Å². The van der Waals surface area contributed by atoms with Gasteiger partial charge >= 0.3 is 0 Å². The molecule has 2 aromatic rings. The van der Waals surface area contributed by atoms with Crippen LogP contribution in [0.1, 0.15) is 51.5 Å². The number of benzene rings is 2. The molecular formula is C27H32F2N2. The Bertz CT molecular complexity index is 1030. The number of halogens is 2. The van der Waals surface area contributed by atoms with Gasteiger partial charge in [-0.05, 0) is 72.9 Å². The summed E-state index contributed by atoms with van der Waals surface area (Å²) in [5.41, 5.74) is 4.74. The molecule has 0 heterocycles. The maximum Gasteiger partial charge on any atom is 0.157 e. The molecule has 2 aromatic carbocycles. The fraction of sp³-hybridized carbons (Fsp3) is 0.407. The second-order valence-corrected chi connectivity index (χ2v) is 9.84. The van der Waals surface area contributed by atoms with Gasteiger partial charge in [-0.1, -0.05) is 45.9 Å². The van der Waals surface area contributed by atoms with Crippen LogP contribution in [0.4, 0.5) is 20.2 Å². The highest BCUT2D eigenvalue weighted by Gasteiger charge is 2.47. The molecule has 1 unspecified atom stereocenters. The lowest BCUT2D eigenvalue weighted by atomic mass is 9.97. The molecule has 2 aliphatic carbocycles. The maximum absolute atomic E-state index is 15.5. The monoisotopic (exact) mass is 422 g/mol. The van der Waals surface area contributed by atoms with Crippen molar-refractivity contribution in [2.45, 2.75) is 52.9 Å². The van der Waals surface area contributed by atoms with E-state index in [1.54, 1.807) is 0 Å². The van der Waals surface area contributed by atoms with E-state index in [1.165, 1.54) is 12.1 Å². The summed E-state index contributed by atoms with van der Waals surface area (Å²) in [6.07, 6.45) is 5.42. The molecule has 2 aliphatic rings. The van der Waals surface area contributed by atoms with Crippen LogP contribution in [0.2, 0.25) is 0 Å². The van der Waals surface area contributed by atoms with Crippen LogP contribution < -0.4 is 10.6 Å². The Labute approximate surface area is 184 Å². The topological polar surface area (TPSA) is 24.1 Å². The van der Waals surface area contributed by atoms with E-state index >= 15 is 4.39 Å². The average molecular weight is 423 g/mol. The first-order chi connectivity index (χ1) is 14.7. The Kier molecular flexibility index (Phi) is 5.67. The number of allylic oxidation sites excluding steroid dienone is 2. The third-order valence-electron chi connectivity index (χ3n) is 6.99. The van der Waals surface area contributed by atoms with Crippen molar-refractivity contribution in [3.8, 4) is 11.1 Å². The molecule has 0 amide bonds. The Hall–Kier alpha value is -2.62. The minimum Gasteiger partial charge on any atom is -0.359 e. The minimum absolute atomic E-state index is 0.115. The first-order valence-corrected chi connectivity index (χ1v) is 11.2. The van der Waals surface area contributed by atoms with Crippen LogP contribution in [-0.4, -0.2) is 0 Å². The molecule has 0 bridgehead atoms. The van der Waals surface area contributed by atoms with Crippen molar-refractivity contribution >= 4 is 11.4 Å². The van der Waals surface area contributed by atoms with Crippen molar-refractivity contribution in [3.05, 3.63) is 72.1 Å². The smallest absolute Gasteiger partial charge is 0.157 e. The van der Waals surface area contributed by atoms with Crippen LogP contribution in [0.15, 0.2) is 54.9 Å². The number of hydrogen-bond acceptors (Lipinski definition) is 2. The molecule has 0 spiro atoms. The van der Waals surface area contributed by atoms with E-state index in [0.29, 0.717) is 17.2 Å². The molecule has 2 saturated carbocycles. The third kappa shape index (κ3) is 4.39. The molecule has 4 heteroatoms. The van der Waals surface area contributed by atoms with Crippen molar-refractivity contribution in [1.82, 2.24) is 0 Å². The molecule has 0 saturated heterocycles. The Morgan fingerprint density at radius 3 is 2.29 bits per heavy atom. The number of hydrogen-bond donors (Lipinski definition) is 2. The van der Waals surface area contributed by atoms with E-state index in [2.05, 4.69) is 37.6 Å². The summed E-state index contributed by atoms with van der Waals surface area (Å²) in [6.45, 7) is 14.6. The lowest BCUT2D eigenvalue weighted by Gasteiger charge is -2.19. The lowest BCUT2D eigenvalue weighted by Crippen LogP contribution is -2.10. The molecule has 0 aromatic heterocycles. The van der Waals surface area contributed by atoms with Gasteiger partial charge < -0.3 is 10.6 Å². The quantitative estimate of drug-likeness (QED) is 0.472. The van der Waals surface area contributed by atoms with Crippen molar-refractivity contribution in [3.63, 3.8) is 0 Å². The number of nitrogens with one attached hydrogen (secondary N) is 2. The van der Waals surface area contributed by atoms with Crippen molar-refractivity contribution in [2.75, 3.05) is 10.6 Å². The first kappa shape index (κ1) is 21.6. The third-order valence-corrected chi connectivity index (χ3v) is 6.99. The van der Waals surface area contributed by atoms with E-state index in [-0.39, 0.29) is 17.0 Å². The Morgan fingerprint density at radius 1 is 0.968 bits per heavy atom. The van der Waals surface area contributed by atoms with Gasteiger partial charge in [-0.15, -0.1) is 0 Å². The molecule has 2 nitrogen and oxygen atoms in total. The highest BCUT2D eigenvalue weighted by Crippen LogP contribution is 2.55. The molecule has 1 atom stereocenters. The summed E-state index contributed by atoms with van der Waals surface area (Å²) in [5, 5.41) is 6.35. The molecular weight excluding hydrogens is 390 g/mol. The van der Waals surface area contributed by atoms with Gasteiger partial charge in [0.25, 0.3) is 0 Å². The summed E-state index contributed by atoms with van der Waals surface area (Å²) < 4.78 is 30.0. The highest BCUT2D eigenvalue weighted by molar-refractivity contribution is 5.76. The van der Waals surface area contributed by atoms with Crippen molar-refractivity contribution < 1.29 is 8.78 Å². The van der Waals surface area contributed by atoms with Crippen molar-refractivity contribution in [2.24, 2.45) is 17.3 Å². The minimum atomic E-state index is -0.600. The average Bonchev–Trinajstić information content (AvgIpc) is 3.11. The maximum atomic E-state index is 15.5. The van der Waals surface area contributed by atoms with Crippen LogP contribution in [-0.2, 0) is 0 Å². The summed E-state index contributed by atoms with van der Waals surface area (Å²) >= 11 is 0. The zero-order valence-electron chi connectivity index (χ0n) is 18.7. The van der Waals surface area contributed by atoms with Crippen LogP contribution in [0.25, 0.3) is 11.1 Å². The predicted molar refractivity (Wildman–Crippen MR) is 126 cm³/mol. The van der Waals surface area contributed by atoms with E-state index in [9.17, 15) is 4.39 Å². The second-order valence-electron chi connectivity index (χ2n) is 9.84. The molecule has 4 rings (SSSR count). The van der Waals surface area contributed by atoms with Gasteiger partial charge in [-0.2, -0.15) is 0 Å². The van der Waals surface area contributed by atoms with Crippen LogP contribution in [0.3, 0.4) is 0 Å². The standard InChI is InChI=1S/C27H32F2N2/c1-16-10-11-20(30-18(3)23-15-27(23,4)5)14-22(16)21-12-13-24(28)26(25(21)29)31-17(2)19-8-6-7-9-19/h10-14,19,23,30-31H,2-3,6-9,15H2,1,4-5H3. The first-order valence-electron chi connectivity index (χ1n) is 11.2. The van der Waals surface area contributed by atoms with Gasteiger partial charge in [0.05, 0.1) is 0 Å². The summed E-state index contributed by atoms with van der Waals surface area (Å²) in [5.74, 6) is -0.468. The Balaban J connectivity index is 1.61. The molecule has 0 aliphatic heterocycles. The van der Waals surface area contributed by atoms with Gasteiger partial charge in [0, 0.05) is 28.6 Å². The van der Waals surface area contributed by atoms with E-state index < -0.39 is 11.6 Å². The second kappa shape index (κ2) is 8.14. The summed E-state index contributed by atoms with van der Waals surface area (Å²) in [4.78, 5) is 0. The molecule has 2 N–H and O–H groups in total. The number of aryl methyl sites for hydroxylation is 1. The number of anilines is 2. The van der Waals surface area contributed by atoms with Crippen LogP contribution in [0, 0.1) is 35.8 Å².